The topological polar surface area (TPSA) is 88.5 Å². The third-order valence-electron chi connectivity index (χ3n) is 5.89. The lowest BCUT2D eigenvalue weighted by molar-refractivity contribution is -0.129. The third kappa shape index (κ3) is 3.69. The van der Waals surface area contributed by atoms with Crippen LogP contribution in [0.25, 0.3) is 0 Å². The summed E-state index contributed by atoms with van der Waals surface area (Å²) in [6, 6.07) is 5.97. The smallest absolute Gasteiger partial charge is 0.256 e. The van der Waals surface area contributed by atoms with Gasteiger partial charge in [0.1, 0.15) is 5.84 Å². The molecule has 158 valence electrons. The molecule has 3 heterocycles. The van der Waals surface area contributed by atoms with Gasteiger partial charge in [-0.25, -0.2) is 8.42 Å². The van der Waals surface area contributed by atoms with E-state index in [4.69, 9.17) is 9.47 Å². The second-order valence-electron chi connectivity index (χ2n) is 7.91. The summed E-state index contributed by atoms with van der Waals surface area (Å²) in [5.41, 5.74) is 1.53. The SMILES string of the molecule is O=C(C1=CN2CCS(=O)(=O)N=C2C=C1)N(Cc1ccc2c(c1)OCO2)C1CCCC1. The minimum absolute atomic E-state index is 0.0498. The number of nitrogens with zero attached hydrogens (tertiary/aromatic N) is 3. The van der Waals surface area contributed by atoms with Crippen LogP contribution in [0.2, 0.25) is 0 Å². The second-order valence-corrected chi connectivity index (χ2v) is 9.66. The molecule has 8 nitrogen and oxygen atoms in total. The van der Waals surface area contributed by atoms with Crippen molar-refractivity contribution in [2.75, 3.05) is 19.1 Å². The molecular weight excluding hydrogens is 406 g/mol. The standard InChI is InChI=1S/C21H23N3O5S/c25-21(16-6-8-20-22-30(26,27)10-9-23(20)13-16)24(17-3-1-2-4-17)12-15-5-7-18-19(11-15)29-14-28-18/h5-8,11,13,17H,1-4,9-10,12,14H2. The molecule has 4 aliphatic rings. The van der Waals surface area contributed by atoms with Gasteiger partial charge in [0.2, 0.25) is 6.79 Å². The molecule has 0 aromatic heterocycles. The number of rotatable bonds is 4. The summed E-state index contributed by atoms with van der Waals surface area (Å²) in [7, 11) is -3.42. The molecular formula is C21H23N3O5S. The van der Waals surface area contributed by atoms with E-state index in [2.05, 4.69) is 4.40 Å². The number of amidine groups is 1. The Kier molecular flexibility index (Phi) is 4.77. The number of ether oxygens (including phenoxy) is 2. The van der Waals surface area contributed by atoms with Crippen LogP contribution >= 0.6 is 0 Å². The largest absolute Gasteiger partial charge is 0.454 e. The maximum Gasteiger partial charge on any atom is 0.256 e. The maximum atomic E-state index is 13.5. The van der Waals surface area contributed by atoms with Crippen LogP contribution in [0.3, 0.4) is 0 Å². The van der Waals surface area contributed by atoms with Crippen molar-refractivity contribution in [1.29, 1.82) is 0 Å². The van der Waals surface area contributed by atoms with Gasteiger partial charge in [-0.05, 0) is 42.7 Å². The van der Waals surface area contributed by atoms with Gasteiger partial charge in [0.15, 0.2) is 11.5 Å². The highest BCUT2D eigenvalue weighted by atomic mass is 32.2. The van der Waals surface area contributed by atoms with Crippen LogP contribution in [0.15, 0.2) is 46.5 Å². The summed E-state index contributed by atoms with van der Waals surface area (Å²) >= 11 is 0. The van der Waals surface area contributed by atoms with Gasteiger partial charge < -0.3 is 19.3 Å². The van der Waals surface area contributed by atoms with Gasteiger partial charge >= 0.3 is 0 Å². The van der Waals surface area contributed by atoms with Crippen molar-refractivity contribution in [2.24, 2.45) is 4.40 Å². The number of amides is 1. The van der Waals surface area contributed by atoms with E-state index < -0.39 is 10.0 Å². The molecule has 1 saturated carbocycles. The highest BCUT2D eigenvalue weighted by Gasteiger charge is 2.31. The van der Waals surface area contributed by atoms with E-state index in [1.165, 1.54) is 0 Å². The number of benzene rings is 1. The number of fused-ring (bicyclic) bond motifs is 2. The number of sulfonamides is 1. The number of carbonyl (C=O) groups excluding carboxylic acids is 1. The molecule has 0 saturated heterocycles. The van der Waals surface area contributed by atoms with E-state index in [1.54, 1.807) is 23.3 Å². The molecule has 3 aliphatic heterocycles. The van der Waals surface area contributed by atoms with E-state index in [0.717, 1.165) is 37.0 Å². The normalized spacial score (nSPS) is 21.8. The van der Waals surface area contributed by atoms with Crippen molar-refractivity contribution >= 4 is 21.8 Å². The fourth-order valence-electron chi connectivity index (χ4n) is 4.31. The summed E-state index contributed by atoms with van der Waals surface area (Å²) < 4.78 is 38.1. The van der Waals surface area contributed by atoms with Crippen molar-refractivity contribution in [2.45, 2.75) is 38.3 Å². The van der Waals surface area contributed by atoms with Gasteiger partial charge in [0, 0.05) is 25.3 Å². The lowest BCUT2D eigenvalue weighted by Gasteiger charge is -2.32. The summed E-state index contributed by atoms with van der Waals surface area (Å²) in [6.45, 7) is 1.01. The lowest BCUT2D eigenvalue weighted by Crippen LogP contribution is -2.41. The molecule has 1 amide bonds. The molecule has 0 unspecified atom stereocenters. The van der Waals surface area contributed by atoms with Crippen molar-refractivity contribution < 1.29 is 22.7 Å². The van der Waals surface area contributed by atoms with Crippen molar-refractivity contribution in [3.8, 4) is 11.5 Å². The van der Waals surface area contributed by atoms with E-state index in [0.29, 0.717) is 30.2 Å². The first kappa shape index (κ1) is 19.2. The van der Waals surface area contributed by atoms with E-state index in [-0.39, 0.29) is 24.5 Å². The highest BCUT2D eigenvalue weighted by Crippen LogP contribution is 2.34. The Hall–Kier alpha value is -2.81. The molecule has 0 radical (unpaired) electrons. The zero-order valence-corrected chi connectivity index (χ0v) is 17.3. The Morgan fingerprint density at radius 2 is 1.97 bits per heavy atom. The molecule has 1 aromatic rings. The summed E-state index contributed by atoms with van der Waals surface area (Å²) in [5.74, 6) is 1.69. The Bertz CT molecular complexity index is 1070. The van der Waals surface area contributed by atoms with Crippen molar-refractivity contribution in [3.63, 3.8) is 0 Å². The monoisotopic (exact) mass is 429 g/mol. The van der Waals surface area contributed by atoms with Crippen molar-refractivity contribution in [1.82, 2.24) is 9.80 Å². The van der Waals surface area contributed by atoms with Crippen LogP contribution in [-0.4, -0.2) is 55.1 Å². The summed E-state index contributed by atoms with van der Waals surface area (Å²) in [4.78, 5) is 17.2. The molecule has 9 heteroatoms. The number of hydrogen-bond acceptors (Lipinski definition) is 6. The van der Waals surface area contributed by atoms with E-state index in [9.17, 15) is 13.2 Å². The van der Waals surface area contributed by atoms with Crippen LogP contribution in [0.1, 0.15) is 31.2 Å². The molecule has 1 aromatic carbocycles. The molecule has 5 rings (SSSR count). The first-order valence-electron chi connectivity index (χ1n) is 10.2. The summed E-state index contributed by atoms with van der Waals surface area (Å²) in [6.07, 6.45) is 9.20. The molecule has 0 N–H and O–H groups in total. The molecule has 1 aliphatic carbocycles. The predicted molar refractivity (Wildman–Crippen MR) is 111 cm³/mol. The van der Waals surface area contributed by atoms with Crippen LogP contribution in [-0.2, 0) is 21.4 Å². The molecule has 1 fully saturated rings. The van der Waals surface area contributed by atoms with Gasteiger partial charge in [0.05, 0.1) is 11.3 Å². The minimum atomic E-state index is -3.42. The average Bonchev–Trinajstić information content (AvgIpc) is 3.42. The predicted octanol–water partition coefficient (Wildman–Crippen LogP) is 2.18. The number of hydrogen-bond donors (Lipinski definition) is 0. The summed E-state index contributed by atoms with van der Waals surface area (Å²) in [5, 5.41) is 0. The van der Waals surface area contributed by atoms with Gasteiger partial charge in [0.25, 0.3) is 15.9 Å². The zero-order chi connectivity index (χ0) is 20.7. The Labute approximate surface area is 175 Å². The highest BCUT2D eigenvalue weighted by molar-refractivity contribution is 7.90. The fraction of sp³-hybridized carbons (Fsp3) is 0.429. The first-order chi connectivity index (χ1) is 14.5. The van der Waals surface area contributed by atoms with Gasteiger partial charge in [-0.15, -0.1) is 4.40 Å². The van der Waals surface area contributed by atoms with E-state index >= 15 is 0 Å². The first-order valence-corrected chi connectivity index (χ1v) is 11.8. The second kappa shape index (κ2) is 7.46. The lowest BCUT2D eigenvalue weighted by atomic mass is 10.1. The Morgan fingerprint density at radius 3 is 2.80 bits per heavy atom. The van der Waals surface area contributed by atoms with Gasteiger partial charge in [-0.3, -0.25) is 4.79 Å². The van der Waals surface area contributed by atoms with E-state index in [1.807, 2.05) is 23.1 Å². The zero-order valence-electron chi connectivity index (χ0n) is 16.5. The molecule has 0 bridgehead atoms. The van der Waals surface area contributed by atoms with Crippen LogP contribution in [0.5, 0.6) is 11.5 Å². The van der Waals surface area contributed by atoms with Gasteiger partial charge in [-0.2, -0.15) is 0 Å². The Morgan fingerprint density at radius 1 is 1.17 bits per heavy atom. The van der Waals surface area contributed by atoms with Crippen LogP contribution < -0.4 is 9.47 Å². The third-order valence-corrected chi connectivity index (χ3v) is 7.05. The quantitative estimate of drug-likeness (QED) is 0.729. The average molecular weight is 429 g/mol. The number of carbonyl (C=O) groups is 1. The molecule has 30 heavy (non-hydrogen) atoms. The van der Waals surface area contributed by atoms with Crippen LogP contribution in [0.4, 0.5) is 0 Å². The maximum absolute atomic E-state index is 13.5. The van der Waals surface area contributed by atoms with Gasteiger partial charge in [-0.1, -0.05) is 18.9 Å². The Balaban J connectivity index is 1.40. The fourth-order valence-corrected chi connectivity index (χ4v) is 5.28. The van der Waals surface area contributed by atoms with Crippen LogP contribution in [0, 0.1) is 0 Å². The molecule has 0 spiro atoms. The van der Waals surface area contributed by atoms with Crippen molar-refractivity contribution in [3.05, 3.63) is 47.7 Å². The minimum Gasteiger partial charge on any atom is -0.454 e. The molecule has 0 atom stereocenters.